The summed E-state index contributed by atoms with van der Waals surface area (Å²) in [6, 6.07) is 2.12. The Balaban J connectivity index is 2.84. The van der Waals surface area contributed by atoms with Crippen LogP contribution in [0.25, 0.3) is 0 Å². The van der Waals surface area contributed by atoms with Crippen molar-refractivity contribution in [1.82, 2.24) is 10.2 Å². The van der Waals surface area contributed by atoms with Crippen molar-refractivity contribution in [1.29, 1.82) is 0 Å². The highest BCUT2D eigenvalue weighted by atomic mass is 35.5. The van der Waals surface area contributed by atoms with Crippen LogP contribution < -0.4 is 5.32 Å². The molecule has 7 heteroatoms. The second kappa shape index (κ2) is 6.62. The summed E-state index contributed by atoms with van der Waals surface area (Å²) in [5.41, 5.74) is -0.435. The van der Waals surface area contributed by atoms with Crippen LogP contribution in [-0.2, 0) is 4.79 Å². The van der Waals surface area contributed by atoms with Crippen LogP contribution in [0.5, 0.6) is 0 Å². The number of hydrogen-bond acceptors (Lipinski definition) is 2. The molecule has 0 atom stereocenters. The van der Waals surface area contributed by atoms with Crippen LogP contribution in [0.15, 0.2) is 12.1 Å². The van der Waals surface area contributed by atoms with Crippen molar-refractivity contribution in [2.24, 2.45) is 0 Å². The number of nitrogens with zero attached hydrogens (tertiary/aromatic N) is 1. The van der Waals surface area contributed by atoms with Crippen molar-refractivity contribution in [3.05, 3.63) is 33.6 Å². The molecule has 0 radical (unpaired) electrons. The summed E-state index contributed by atoms with van der Waals surface area (Å²) in [5, 5.41) is 2.60. The van der Waals surface area contributed by atoms with Crippen LogP contribution in [0.3, 0.4) is 0 Å². The van der Waals surface area contributed by atoms with Crippen LogP contribution in [0, 0.1) is 5.82 Å². The largest absolute Gasteiger partial charge is 0.350 e. The highest BCUT2D eigenvalue weighted by Gasteiger charge is 2.21. The molecule has 4 nitrogen and oxygen atoms in total. The third kappa shape index (κ3) is 5.17. The zero-order chi connectivity index (χ0) is 16.4. The maximum Gasteiger partial charge on any atom is 0.255 e. The molecule has 0 heterocycles. The molecular weight excluding hydrogens is 318 g/mol. The van der Waals surface area contributed by atoms with Gasteiger partial charge in [0.2, 0.25) is 5.91 Å². The molecule has 0 saturated heterocycles. The molecule has 0 fully saturated rings. The highest BCUT2D eigenvalue weighted by molar-refractivity contribution is 6.36. The summed E-state index contributed by atoms with van der Waals surface area (Å²) in [7, 11) is 1.44. The molecule has 1 rings (SSSR count). The molecule has 1 N–H and O–H groups in total. The molecule has 21 heavy (non-hydrogen) atoms. The van der Waals surface area contributed by atoms with Gasteiger partial charge in [-0.3, -0.25) is 9.59 Å². The number of likely N-dealkylation sites (N-methyl/N-ethyl adjacent to an activating group) is 1. The highest BCUT2D eigenvalue weighted by Crippen LogP contribution is 2.25. The summed E-state index contributed by atoms with van der Waals surface area (Å²) in [5.74, 6) is -1.61. The lowest BCUT2D eigenvalue weighted by atomic mass is 10.1. The quantitative estimate of drug-likeness (QED) is 0.863. The Labute approximate surface area is 133 Å². The van der Waals surface area contributed by atoms with Gasteiger partial charge < -0.3 is 10.2 Å². The van der Waals surface area contributed by atoms with Crippen molar-refractivity contribution < 1.29 is 14.0 Å². The minimum absolute atomic E-state index is 0.0366. The zero-order valence-corrected chi connectivity index (χ0v) is 13.8. The van der Waals surface area contributed by atoms with Gasteiger partial charge in [-0.15, -0.1) is 0 Å². The Kier molecular flexibility index (Phi) is 5.59. The first-order valence-electron chi connectivity index (χ1n) is 6.22. The molecule has 1 aromatic carbocycles. The number of carbonyl (C=O) groups excluding carboxylic acids is 2. The first kappa shape index (κ1) is 17.7. The van der Waals surface area contributed by atoms with Crippen molar-refractivity contribution in [3.8, 4) is 0 Å². The van der Waals surface area contributed by atoms with Gasteiger partial charge in [0.15, 0.2) is 0 Å². The number of rotatable bonds is 3. The lowest BCUT2D eigenvalue weighted by Gasteiger charge is -2.23. The average Bonchev–Trinajstić information content (AvgIpc) is 2.30. The predicted molar refractivity (Wildman–Crippen MR) is 81.3 cm³/mol. The van der Waals surface area contributed by atoms with Crippen LogP contribution in [0.2, 0.25) is 10.0 Å². The maximum atomic E-state index is 13.4. The standard InChI is InChI=1S/C14H17Cl2FN2O2/c1-14(2,3)18-12(20)7-19(4)13(21)8-5-11(17)10(16)6-9(8)15/h5-6H,7H2,1-4H3,(H,18,20). The van der Waals surface area contributed by atoms with Gasteiger partial charge >= 0.3 is 0 Å². The average molecular weight is 335 g/mol. The Morgan fingerprint density at radius 1 is 1.24 bits per heavy atom. The maximum absolute atomic E-state index is 13.4. The summed E-state index contributed by atoms with van der Waals surface area (Å²) >= 11 is 11.5. The molecule has 116 valence electrons. The second-order valence-corrected chi connectivity index (χ2v) is 6.52. The van der Waals surface area contributed by atoms with Gasteiger partial charge in [0.1, 0.15) is 5.82 Å². The monoisotopic (exact) mass is 334 g/mol. The third-order valence-electron chi connectivity index (χ3n) is 2.48. The molecular formula is C14H17Cl2FN2O2. The van der Waals surface area contributed by atoms with Gasteiger partial charge in [-0.1, -0.05) is 23.2 Å². The number of amides is 2. The topological polar surface area (TPSA) is 49.4 Å². The summed E-state index contributed by atoms with van der Waals surface area (Å²) < 4.78 is 13.4. The van der Waals surface area contributed by atoms with E-state index in [1.165, 1.54) is 7.05 Å². The fourth-order valence-corrected chi connectivity index (χ4v) is 2.10. The Bertz CT molecular complexity index is 571. The van der Waals surface area contributed by atoms with Crippen molar-refractivity contribution >= 4 is 35.0 Å². The normalized spacial score (nSPS) is 11.2. The fourth-order valence-electron chi connectivity index (χ4n) is 1.64. The van der Waals surface area contributed by atoms with Crippen LogP contribution in [0.1, 0.15) is 31.1 Å². The lowest BCUT2D eigenvalue weighted by molar-refractivity contribution is -0.122. The van der Waals surface area contributed by atoms with Crippen LogP contribution in [-0.4, -0.2) is 35.8 Å². The molecule has 0 aromatic heterocycles. The molecule has 2 amide bonds. The third-order valence-corrected chi connectivity index (χ3v) is 3.08. The first-order chi connectivity index (χ1) is 9.51. The molecule has 0 unspecified atom stereocenters. The van der Waals surface area contributed by atoms with Gasteiger partial charge in [0.25, 0.3) is 5.91 Å². The number of carbonyl (C=O) groups is 2. The predicted octanol–water partition coefficient (Wildman–Crippen LogP) is 3.12. The van der Waals surface area contributed by atoms with E-state index in [1.54, 1.807) is 0 Å². The molecule has 0 spiro atoms. The fraction of sp³-hybridized carbons (Fsp3) is 0.429. The summed E-state index contributed by atoms with van der Waals surface area (Å²) in [6.07, 6.45) is 0. The summed E-state index contributed by atoms with van der Waals surface area (Å²) in [6.45, 7) is 5.34. The minimum atomic E-state index is -0.739. The van der Waals surface area contributed by atoms with E-state index in [4.69, 9.17) is 23.2 Å². The molecule has 0 aliphatic rings. The van der Waals surface area contributed by atoms with Gasteiger partial charge in [-0.05, 0) is 32.9 Å². The number of halogens is 3. The molecule has 0 aliphatic carbocycles. The van der Waals surface area contributed by atoms with Crippen molar-refractivity contribution in [2.45, 2.75) is 26.3 Å². The zero-order valence-electron chi connectivity index (χ0n) is 12.3. The molecule has 1 aromatic rings. The van der Waals surface area contributed by atoms with Crippen LogP contribution >= 0.6 is 23.2 Å². The van der Waals surface area contributed by atoms with E-state index in [0.29, 0.717) is 0 Å². The van der Waals surface area contributed by atoms with E-state index in [1.807, 2.05) is 20.8 Å². The van der Waals surface area contributed by atoms with Gasteiger partial charge in [0.05, 0.1) is 22.2 Å². The van der Waals surface area contributed by atoms with E-state index in [-0.39, 0.29) is 28.1 Å². The molecule has 0 saturated carbocycles. The van der Waals surface area contributed by atoms with E-state index in [9.17, 15) is 14.0 Å². The number of benzene rings is 1. The van der Waals surface area contributed by atoms with Gasteiger partial charge in [-0.2, -0.15) is 0 Å². The number of nitrogens with one attached hydrogen (secondary N) is 1. The van der Waals surface area contributed by atoms with Crippen molar-refractivity contribution in [2.75, 3.05) is 13.6 Å². The smallest absolute Gasteiger partial charge is 0.255 e. The van der Waals surface area contributed by atoms with E-state index in [2.05, 4.69) is 5.32 Å². The molecule has 0 aliphatic heterocycles. The summed E-state index contributed by atoms with van der Waals surface area (Å²) in [4.78, 5) is 25.1. The molecule has 0 bridgehead atoms. The van der Waals surface area contributed by atoms with Crippen molar-refractivity contribution in [3.63, 3.8) is 0 Å². The van der Waals surface area contributed by atoms with E-state index in [0.717, 1.165) is 17.0 Å². The van der Waals surface area contributed by atoms with E-state index < -0.39 is 17.3 Å². The first-order valence-corrected chi connectivity index (χ1v) is 6.98. The minimum Gasteiger partial charge on any atom is -0.350 e. The van der Waals surface area contributed by atoms with E-state index >= 15 is 0 Å². The van der Waals surface area contributed by atoms with Crippen LogP contribution in [0.4, 0.5) is 4.39 Å². The van der Waals surface area contributed by atoms with Gasteiger partial charge in [0, 0.05) is 12.6 Å². The Morgan fingerprint density at radius 2 is 1.81 bits per heavy atom. The van der Waals surface area contributed by atoms with Gasteiger partial charge in [-0.25, -0.2) is 4.39 Å². The number of hydrogen-bond donors (Lipinski definition) is 1. The SMILES string of the molecule is CN(CC(=O)NC(C)(C)C)C(=O)c1cc(F)c(Cl)cc1Cl. The Hall–Kier alpha value is -1.33. The Morgan fingerprint density at radius 3 is 2.33 bits per heavy atom. The lowest BCUT2D eigenvalue weighted by Crippen LogP contribution is -2.46. The second-order valence-electron chi connectivity index (χ2n) is 5.71.